The van der Waals surface area contributed by atoms with E-state index in [0.29, 0.717) is 13.1 Å². The summed E-state index contributed by atoms with van der Waals surface area (Å²) in [5.74, 6) is 2.89. The molecule has 3 rings (SSSR count). The first-order chi connectivity index (χ1) is 9.24. The first-order valence-electron chi connectivity index (χ1n) is 7.09. The molecule has 1 aliphatic carbocycles. The lowest BCUT2D eigenvalue weighted by Crippen LogP contribution is -2.36. The van der Waals surface area contributed by atoms with Crippen LogP contribution >= 0.6 is 0 Å². The van der Waals surface area contributed by atoms with Gasteiger partial charge in [-0.15, -0.1) is 10.2 Å². The maximum atomic E-state index is 12.0. The van der Waals surface area contributed by atoms with Crippen LogP contribution in [0, 0.1) is 5.92 Å². The van der Waals surface area contributed by atoms with Crippen LogP contribution in [0.25, 0.3) is 0 Å². The second kappa shape index (κ2) is 5.28. The van der Waals surface area contributed by atoms with Gasteiger partial charge >= 0.3 is 0 Å². The third-order valence-corrected chi connectivity index (χ3v) is 3.90. The van der Waals surface area contributed by atoms with Crippen molar-refractivity contribution in [2.75, 3.05) is 20.1 Å². The first kappa shape index (κ1) is 12.6. The first-order valence-corrected chi connectivity index (χ1v) is 7.09. The zero-order valence-corrected chi connectivity index (χ0v) is 11.4. The molecular formula is C13H21N5O. The molecule has 0 radical (unpaired) electrons. The highest BCUT2D eigenvalue weighted by atomic mass is 16.2. The van der Waals surface area contributed by atoms with Crippen LogP contribution in [0.2, 0.25) is 0 Å². The summed E-state index contributed by atoms with van der Waals surface area (Å²) < 4.78 is 2.14. The highest BCUT2D eigenvalue weighted by Gasteiger charge is 2.22. The number of hydrogen-bond acceptors (Lipinski definition) is 4. The van der Waals surface area contributed by atoms with Crippen molar-refractivity contribution < 1.29 is 4.79 Å². The maximum Gasteiger partial charge on any atom is 0.236 e. The second-order valence-corrected chi connectivity index (χ2v) is 5.61. The summed E-state index contributed by atoms with van der Waals surface area (Å²) >= 11 is 0. The van der Waals surface area contributed by atoms with Crippen molar-refractivity contribution in [1.82, 2.24) is 25.0 Å². The Morgan fingerprint density at radius 3 is 3.11 bits per heavy atom. The Kier molecular flexibility index (Phi) is 3.50. The van der Waals surface area contributed by atoms with Crippen molar-refractivity contribution in [3.05, 3.63) is 11.6 Å². The van der Waals surface area contributed by atoms with Crippen LogP contribution in [0.1, 0.15) is 30.9 Å². The molecule has 104 valence electrons. The molecule has 0 spiro atoms. The van der Waals surface area contributed by atoms with E-state index in [4.69, 9.17) is 0 Å². The zero-order valence-electron chi connectivity index (χ0n) is 11.4. The summed E-state index contributed by atoms with van der Waals surface area (Å²) in [6.07, 6.45) is 4.76. The van der Waals surface area contributed by atoms with Crippen LogP contribution in [0.3, 0.4) is 0 Å². The molecule has 0 bridgehead atoms. The number of carbonyl (C=O) groups is 1. The SMILES string of the molecule is CN(Cc1nnc2n1CCC2)C(=O)CNCC1CC1. The number of carbonyl (C=O) groups excluding carboxylic acids is 1. The number of aromatic nitrogens is 3. The molecule has 1 fully saturated rings. The summed E-state index contributed by atoms with van der Waals surface area (Å²) in [6, 6.07) is 0. The largest absolute Gasteiger partial charge is 0.337 e. The van der Waals surface area contributed by atoms with Gasteiger partial charge in [-0.3, -0.25) is 4.79 Å². The molecule has 6 nitrogen and oxygen atoms in total. The molecule has 1 saturated carbocycles. The van der Waals surface area contributed by atoms with Gasteiger partial charge in [-0.25, -0.2) is 0 Å². The van der Waals surface area contributed by atoms with Gasteiger partial charge in [-0.05, 0) is 31.7 Å². The third kappa shape index (κ3) is 2.94. The molecule has 6 heteroatoms. The molecular weight excluding hydrogens is 242 g/mol. The number of hydrogen-bond donors (Lipinski definition) is 1. The standard InChI is InChI=1S/C13H21N5O/c1-17(13(19)8-14-7-10-4-5-10)9-12-16-15-11-3-2-6-18(11)12/h10,14H,2-9H2,1H3. The lowest BCUT2D eigenvalue weighted by Gasteiger charge is -2.17. The van der Waals surface area contributed by atoms with Crippen LogP contribution in [0.15, 0.2) is 0 Å². The molecule has 1 aromatic rings. The van der Waals surface area contributed by atoms with Gasteiger partial charge in [0.05, 0.1) is 13.1 Å². The van der Waals surface area contributed by atoms with Crippen molar-refractivity contribution in [3.63, 3.8) is 0 Å². The monoisotopic (exact) mass is 263 g/mol. The Balaban J connectivity index is 1.48. The van der Waals surface area contributed by atoms with E-state index in [0.717, 1.165) is 43.5 Å². The smallest absolute Gasteiger partial charge is 0.236 e. The average molecular weight is 263 g/mol. The van der Waals surface area contributed by atoms with E-state index in [2.05, 4.69) is 20.1 Å². The lowest BCUT2D eigenvalue weighted by molar-refractivity contribution is -0.129. The Labute approximate surface area is 113 Å². The minimum absolute atomic E-state index is 0.121. The minimum Gasteiger partial charge on any atom is -0.337 e. The maximum absolute atomic E-state index is 12.0. The Morgan fingerprint density at radius 2 is 2.32 bits per heavy atom. The Morgan fingerprint density at radius 1 is 1.47 bits per heavy atom. The van der Waals surface area contributed by atoms with Crippen LogP contribution in [-0.4, -0.2) is 45.7 Å². The van der Waals surface area contributed by atoms with Gasteiger partial charge in [0.2, 0.25) is 5.91 Å². The fraction of sp³-hybridized carbons (Fsp3) is 0.769. The number of rotatable bonds is 6. The van der Waals surface area contributed by atoms with E-state index in [1.165, 1.54) is 12.8 Å². The van der Waals surface area contributed by atoms with E-state index in [9.17, 15) is 4.79 Å². The molecule has 1 aliphatic heterocycles. The van der Waals surface area contributed by atoms with Gasteiger partial charge in [0.15, 0.2) is 5.82 Å². The topological polar surface area (TPSA) is 63.1 Å². The van der Waals surface area contributed by atoms with Crippen molar-refractivity contribution in [3.8, 4) is 0 Å². The normalized spacial score (nSPS) is 17.5. The van der Waals surface area contributed by atoms with E-state index in [-0.39, 0.29) is 5.91 Å². The summed E-state index contributed by atoms with van der Waals surface area (Å²) in [6.45, 7) is 2.93. The molecule has 1 N–H and O–H groups in total. The third-order valence-electron chi connectivity index (χ3n) is 3.90. The van der Waals surface area contributed by atoms with Crippen LogP contribution < -0.4 is 5.32 Å². The molecule has 0 atom stereocenters. The molecule has 1 amide bonds. The fourth-order valence-electron chi connectivity index (χ4n) is 2.47. The molecule has 0 unspecified atom stereocenters. The summed E-state index contributed by atoms with van der Waals surface area (Å²) in [7, 11) is 1.83. The molecule has 2 aliphatic rings. The Bertz CT molecular complexity index is 466. The molecule has 19 heavy (non-hydrogen) atoms. The van der Waals surface area contributed by atoms with E-state index >= 15 is 0 Å². The predicted octanol–water partition coefficient (Wildman–Crippen LogP) is 0.182. The van der Waals surface area contributed by atoms with Crippen molar-refractivity contribution in [2.45, 2.75) is 38.8 Å². The number of nitrogens with one attached hydrogen (secondary N) is 1. The van der Waals surface area contributed by atoms with Crippen LogP contribution in [-0.2, 0) is 24.3 Å². The van der Waals surface area contributed by atoms with E-state index < -0.39 is 0 Å². The number of likely N-dealkylation sites (N-methyl/N-ethyl adjacent to an activating group) is 1. The van der Waals surface area contributed by atoms with Gasteiger partial charge in [0.25, 0.3) is 0 Å². The summed E-state index contributed by atoms with van der Waals surface area (Å²) in [5, 5.41) is 11.6. The Hall–Kier alpha value is -1.43. The highest BCUT2D eigenvalue weighted by Crippen LogP contribution is 2.27. The summed E-state index contributed by atoms with van der Waals surface area (Å²) in [4.78, 5) is 13.7. The van der Waals surface area contributed by atoms with Crippen molar-refractivity contribution in [2.24, 2.45) is 5.92 Å². The second-order valence-electron chi connectivity index (χ2n) is 5.61. The molecule has 2 heterocycles. The number of amides is 1. The van der Waals surface area contributed by atoms with Gasteiger partial charge < -0.3 is 14.8 Å². The fourth-order valence-corrected chi connectivity index (χ4v) is 2.47. The number of nitrogens with zero attached hydrogens (tertiary/aromatic N) is 4. The zero-order chi connectivity index (χ0) is 13.2. The average Bonchev–Trinajstić information content (AvgIpc) is 2.97. The van der Waals surface area contributed by atoms with Gasteiger partial charge in [-0.2, -0.15) is 0 Å². The molecule has 0 aromatic carbocycles. The lowest BCUT2D eigenvalue weighted by atomic mass is 10.4. The molecule has 0 saturated heterocycles. The van der Waals surface area contributed by atoms with Crippen LogP contribution in [0.4, 0.5) is 0 Å². The van der Waals surface area contributed by atoms with Gasteiger partial charge in [0.1, 0.15) is 5.82 Å². The summed E-state index contributed by atoms with van der Waals surface area (Å²) in [5.41, 5.74) is 0. The number of fused-ring (bicyclic) bond motifs is 1. The van der Waals surface area contributed by atoms with Crippen LogP contribution in [0.5, 0.6) is 0 Å². The quantitative estimate of drug-likeness (QED) is 0.795. The minimum atomic E-state index is 0.121. The van der Waals surface area contributed by atoms with Crippen molar-refractivity contribution >= 4 is 5.91 Å². The molecule has 1 aromatic heterocycles. The van der Waals surface area contributed by atoms with Gasteiger partial charge in [0, 0.05) is 20.0 Å². The predicted molar refractivity (Wildman–Crippen MR) is 70.4 cm³/mol. The van der Waals surface area contributed by atoms with Crippen molar-refractivity contribution in [1.29, 1.82) is 0 Å². The van der Waals surface area contributed by atoms with E-state index in [1.807, 2.05) is 7.05 Å². The van der Waals surface area contributed by atoms with Gasteiger partial charge in [-0.1, -0.05) is 0 Å². The highest BCUT2D eigenvalue weighted by molar-refractivity contribution is 5.77. The number of aryl methyl sites for hydroxylation is 1. The van der Waals surface area contributed by atoms with E-state index in [1.54, 1.807) is 4.90 Å².